The summed E-state index contributed by atoms with van der Waals surface area (Å²) in [7, 11) is -7.66. The van der Waals surface area contributed by atoms with Crippen LogP contribution in [0.25, 0.3) is 0 Å². The van der Waals surface area contributed by atoms with Gasteiger partial charge in [0.15, 0.2) is 9.84 Å². The Labute approximate surface area is 164 Å². The molecule has 0 radical (unpaired) electrons. The van der Waals surface area contributed by atoms with Gasteiger partial charge in [-0.05, 0) is 35.4 Å². The second kappa shape index (κ2) is 7.74. The van der Waals surface area contributed by atoms with Crippen LogP contribution in [0.3, 0.4) is 0 Å². The second-order valence-electron chi connectivity index (χ2n) is 6.35. The first-order chi connectivity index (χ1) is 13.1. The smallest absolute Gasteiger partial charge is 0.238 e. The van der Waals surface area contributed by atoms with Gasteiger partial charge >= 0.3 is 0 Å². The zero-order valence-electron chi connectivity index (χ0n) is 15.1. The first-order valence-electron chi connectivity index (χ1n) is 8.29. The van der Waals surface area contributed by atoms with E-state index in [2.05, 4.69) is 10.4 Å². The number of benzene rings is 2. The number of hydrogen-bond acceptors (Lipinski definition) is 6. The van der Waals surface area contributed by atoms with Crippen molar-refractivity contribution in [3.8, 4) is 0 Å². The molecule has 3 aromatic rings. The van der Waals surface area contributed by atoms with E-state index in [0.29, 0.717) is 18.8 Å². The van der Waals surface area contributed by atoms with Gasteiger partial charge in [-0.2, -0.15) is 5.10 Å². The van der Waals surface area contributed by atoms with Gasteiger partial charge in [-0.1, -0.05) is 24.3 Å². The lowest BCUT2D eigenvalue weighted by molar-refractivity contribution is 0.597. The maximum atomic E-state index is 12.1. The van der Waals surface area contributed by atoms with Gasteiger partial charge in [0.25, 0.3) is 0 Å². The van der Waals surface area contributed by atoms with Crippen LogP contribution in [0.5, 0.6) is 0 Å². The quantitative estimate of drug-likeness (QED) is 0.598. The summed E-state index contributed by atoms with van der Waals surface area (Å²) in [6, 6.07) is 13.4. The average Bonchev–Trinajstić information content (AvgIpc) is 3.11. The highest BCUT2D eigenvalue weighted by Gasteiger charge is 2.18. The fourth-order valence-corrected chi connectivity index (χ4v) is 4.24. The van der Waals surface area contributed by atoms with Gasteiger partial charge in [0.05, 0.1) is 22.0 Å². The molecular formula is C18H20N4O4S2. The number of anilines is 1. The maximum absolute atomic E-state index is 12.1. The van der Waals surface area contributed by atoms with Gasteiger partial charge in [0.1, 0.15) is 0 Å². The SMILES string of the molecule is CS(=O)(=O)c1cc(S(N)(=O)=O)ccc1NCc1cccc(Cn2cccn2)c1. The monoisotopic (exact) mass is 420 g/mol. The normalized spacial score (nSPS) is 12.1. The van der Waals surface area contributed by atoms with Crippen LogP contribution in [0.15, 0.2) is 70.7 Å². The van der Waals surface area contributed by atoms with Gasteiger partial charge in [-0.3, -0.25) is 4.68 Å². The van der Waals surface area contributed by atoms with E-state index in [1.807, 2.05) is 36.5 Å². The van der Waals surface area contributed by atoms with Gasteiger partial charge in [-0.15, -0.1) is 0 Å². The van der Waals surface area contributed by atoms with Crippen molar-refractivity contribution in [1.82, 2.24) is 9.78 Å². The van der Waals surface area contributed by atoms with Gasteiger partial charge in [-0.25, -0.2) is 22.0 Å². The van der Waals surface area contributed by atoms with Crippen LogP contribution in [-0.4, -0.2) is 32.9 Å². The Morgan fingerprint density at radius 3 is 2.43 bits per heavy atom. The topological polar surface area (TPSA) is 124 Å². The van der Waals surface area contributed by atoms with Crippen LogP contribution in [0, 0.1) is 0 Å². The number of sulfonamides is 1. The first kappa shape index (κ1) is 20.1. The molecule has 0 amide bonds. The molecule has 0 atom stereocenters. The van der Waals surface area contributed by atoms with Crippen molar-refractivity contribution in [1.29, 1.82) is 0 Å². The van der Waals surface area contributed by atoms with E-state index >= 15 is 0 Å². The standard InChI is InChI=1S/C18H20N4O4S2/c1-27(23,24)18-11-16(28(19,25)26)6-7-17(18)20-12-14-4-2-5-15(10-14)13-22-9-3-8-21-22/h2-11,20H,12-13H2,1H3,(H2,19,25,26). The molecule has 28 heavy (non-hydrogen) atoms. The summed E-state index contributed by atoms with van der Waals surface area (Å²) in [6.45, 7) is 0.989. The number of nitrogens with two attached hydrogens (primary N) is 1. The third-order valence-corrected chi connectivity index (χ3v) is 6.11. The molecule has 0 aliphatic carbocycles. The number of hydrogen-bond donors (Lipinski definition) is 2. The van der Waals surface area contributed by atoms with Crippen LogP contribution in [0.1, 0.15) is 11.1 Å². The molecule has 1 heterocycles. The average molecular weight is 421 g/mol. The molecule has 10 heteroatoms. The first-order valence-corrected chi connectivity index (χ1v) is 11.7. The lowest BCUT2D eigenvalue weighted by Gasteiger charge is -2.13. The summed E-state index contributed by atoms with van der Waals surface area (Å²) in [5.74, 6) is 0. The molecule has 0 saturated heterocycles. The molecule has 3 rings (SSSR count). The molecular weight excluding hydrogens is 400 g/mol. The predicted octanol–water partition coefficient (Wildman–Crippen LogP) is 1.59. The molecule has 0 spiro atoms. The van der Waals surface area contributed by atoms with E-state index < -0.39 is 19.9 Å². The largest absolute Gasteiger partial charge is 0.380 e. The fraction of sp³-hybridized carbons (Fsp3) is 0.167. The third-order valence-electron chi connectivity index (χ3n) is 4.06. The molecule has 0 aliphatic heterocycles. The lowest BCUT2D eigenvalue weighted by atomic mass is 10.1. The highest BCUT2D eigenvalue weighted by molar-refractivity contribution is 7.91. The highest BCUT2D eigenvalue weighted by Crippen LogP contribution is 2.25. The van der Waals surface area contributed by atoms with Crippen LogP contribution in [0.4, 0.5) is 5.69 Å². The molecule has 3 N–H and O–H groups in total. The van der Waals surface area contributed by atoms with E-state index in [4.69, 9.17) is 5.14 Å². The van der Waals surface area contributed by atoms with Crippen LogP contribution in [0.2, 0.25) is 0 Å². The van der Waals surface area contributed by atoms with Crippen molar-refractivity contribution in [2.75, 3.05) is 11.6 Å². The molecule has 0 fully saturated rings. The van der Waals surface area contributed by atoms with Crippen molar-refractivity contribution >= 4 is 25.5 Å². The Balaban J connectivity index is 1.83. The summed E-state index contributed by atoms with van der Waals surface area (Å²) in [5.41, 5.74) is 2.31. The number of nitrogens with zero attached hydrogens (tertiary/aromatic N) is 2. The van der Waals surface area contributed by atoms with E-state index in [0.717, 1.165) is 23.4 Å². The molecule has 0 aliphatic rings. The highest BCUT2D eigenvalue weighted by atomic mass is 32.2. The molecule has 0 saturated carbocycles. The van der Waals surface area contributed by atoms with Crippen molar-refractivity contribution in [3.05, 3.63) is 72.1 Å². The Morgan fingerprint density at radius 1 is 1.04 bits per heavy atom. The van der Waals surface area contributed by atoms with Gasteiger partial charge in [0.2, 0.25) is 10.0 Å². The Morgan fingerprint density at radius 2 is 1.79 bits per heavy atom. The van der Waals surface area contributed by atoms with Crippen molar-refractivity contribution in [3.63, 3.8) is 0 Å². The maximum Gasteiger partial charge on any atom is 0.238 e. The number of primary sulfonamides is 1. The predicted molar refractivity (Wildman–Crippen MR) is 106 cm³/mol. The number of sulfone groups is 1. The minimum atomic E-state index is -4.00. The molecule has 2 aromatic carbocycles. The Hall–Kier alpha value is -2.69. The van der Waals surface area contributed by atoms with Crippen molar-refractivity contribution < 1.29 is 16.8 Å². The van der Waals surface area contributed by atoms with E-state index in [-0.39, 0.29) is 9.79 Å². The Bertz CT molecular complexity index is 1190. The molecule has 8 nitrogen and oxygen atoms in total. The van der Waals surface area contributed by atoms with E-state index in [1.54, 1.807) is 10.9 Å². The van der Waals surface area contributed by atoms with Crippen LogP contribution >= 0.6 is 0 Å². The lowest BCUT2D eigenvalue weighted by Crippen LogP contribution is -2.14. The zero-order chi connectivity index (χ0) is 20.4. The van der Waals surface area contributed by atoms with Crippen LogP contribution < -0.4 is 10.5 Å². The van der Waals surface area contributed by atoms with Crippen LogP contribution in [-0.2, 0) is 33.0 Å². The summed E-state index contributed by atoms with van der Waals surface area (Å²) in [4.78, 5) is -0.369. The molecule has 0 bridgehead atoms. The van der Waals surface area contributed by atoms with E-state index in [9.17, 15) is 16.8 Å². The van der Waals surface area contributed by atoms with E-state index in [1.165, 1.54) is 12.1 Å². The Kier molecular flexibility index (Phi) is 5.54. The van der Waals surface area contributed by atoms with Gasteiger partial charge in [0, 0.05) is 25.2 Å². The summed E-state index contributed by atoms with van der Waals surface area (Å²) in [6.07, 6.45) is 4.60. The summed E-state index contributed by atoms with van der Waals surface area (Å²) in [5, 5.41) is 12.3. The molecule has 148 valence electrons. The zero-order valence-corrected chi connectivity index (χ0v) is 16.7. The third kappa shape index (κ3) is 4.97. The summed E-state index contributed by atoms with van der Waals surface area (Å²) >= 11 is 0. The minimum Gasteiger partial charge on any atom is -0.380 e. The van der Waals surface area contributed by atoms with Crippen molar-refractivity contribution in [2.45, 2.75) is 22.9 Å². The van der Waals surface area contributed by atoms with Crippen molar-refractivity contribution in [2.24, 2.45) is 5.14 Å². The van der Waals surface area contributed by atoms with Gasteiger partial charge < -0.3 is 5.32 Å². The fourth-order valence-electron chi connectivity index (χ4n) is 2.75. The molecule has 0 unspecified atom stereocenters. The number of nitrogens with one attached hydrogen (secondary N) is 1. The second-order valence-corrected chi connectivity index (χ2v) is 9.90. The number of aromatic nitrogens is 2. The minimum absolute atomic E-state index is 0.119. The molecule has 1 aromatic heterocycles. The summed E-state index contributed by atoms with van der Waals surface area (Å²) < 4.78 is 49.0. The number of rotatable bonds is 7.